The molecule has 5 heteroatoms. The van der Waals surface area contributed by atoms with Gasteiger partial charge in [0.15, 0.2) is 17.3 Å². The highest BCUT2D eigenvalue weighted by molar-refractivity contribution is 9.10. The van der Waals surface area contributed by atoms with Crippen molar-refractivity contribution < 1.29 is 14.6 Å². The van der Waals surface area contributed by atoms with E-state index >= 15 is 0 Å². The lowest BCUT2D eigenvalue weighted by Crippen LogP contribution is -1.93. The van der Waals surface area contributed by atoms with Crippen molar-refractivity contribution in [3.05, 3.63) is 63.1 Å². The molecule has 0 aliphatic carbocycles. The van der Waals surface area contributed by atoms with Gasteiger partial charge in [0.05, 0.1) is 11.6 Å². The zero-order valence-corrected chi connectivity index (χ0v) is 13.5. The van der Waals surface area contributed by atoms with Crippen LogP contribution in [-0.2, 0) is 0 Å². The normalized spacial score (nSPS) is 10.8. The Hall–Kier alpha value is -1.78. The van der Waals surface area contributed by atoms with E-state index in [2.05, 4.69) is 15.9 Å². The molecule has 0 aromatic heterocycles. The first kappa shape index (κ1) is 15.6. The molecule has 0 heterocycles. The van der Waals surface area contributed by atoms with E-state index in [-0.39, 0.29) is 11.5 Å². The van der Waals surface area contributed by atoms with Crippen LogP contribution in [0.1, 0.15) is 15.9 Å². The van der Waals surface area contributed by atoms with Gasteiger partial charge < -0.3 is 9.84 Å². The Morgan fingerprint density at radius 3 is 2.76 bits per heavy atom. The molecule has 108 valence electrons. The van der Waals surface area contributed by atoms with Crippen LogP contribution in [-0.4, -0.2) is 18.0 Å². The Kier molecular flexibility index (Phi) is 5.04. The zero-order chi connectivity index (χ0) is 15.4. The summed E-state index contributed by atoms with van der Waals surface area (Å²) in [6.07, 6.45) is 3.10. The van der Waals surface area contributed by atoms with Gasteiger partial charge in [0.1, 0.15) is 0 Å². The minimum atomic E-state index is -0.152. The number of ketones is 1. The zero-order valence-electron chi connectivity index (χ0n) is 11.1. The fourth-order valence-electron chi connectivity index (χ4n) is 1.76. The topological polar surface area (TPSA) is 46.5 Å². The Bertz CT molecular complexity index is 711. The standard InChI is InChI=1S/C16H12BrClO3/c1-21-15-8-10(7-13(17)16(15)20)5-6-14(19)11-3-2-4-12(18)9-11/h2-9,20H,1H3/b6-5+. The maximum Gasteiger partial charge on any atom is 0.185 e. The van der Waals surface area contributed by atoms with Gasteiger partial charge in [-0.1, -0.05) is 29.8 Å². The summed E-state index contributed by atoms with van der Waals surface area (Å²) in [6.45, 7) is 0. The highest BCUT2D eigenvalue weighted by Crippen LogP contribution is 2.35. The number of rotatable bonds is 4. The molecule has 3 nitrogen and oxygen atoms in total. The van der Waals surface area contributed by atoms with Crippen LogP contribution in [0.2, 0.25) is 5.02 Å². The van der Waals surface area contributed by atoms with E-state index in [0.29, 0.717) is 20.8 Å². The molecular formula is C16H12BrClO3. The van der Waals surface area contributed by atoms with E-state index in [1.807, 2.05) is 0 Å². The monoisotopic (exact) mass is 366 g/mol. The van der Waals surface area contributed by atoms with E-state index in [1.54, 1.807) is 42.5 Å². The number of benzene rings is 2. The maximum atomic E-state index is 12.0. The van der Waals surface area contributed by atoms with Gasteiger partial charge in [0, 0.05) is 10.6 Å². The number of hydrogen-bond acceptors (Lipinski definition) is 3. The smallest absolute Gasteiger partial charge is 0.185 e. The van der Waals surface area contributed by atoms with Gasteiger partial charge in [-0.25, -0.2) is 0 Å². The minimum Gasteiger partial charge on any atom is -0.503 e. The number of carbonyl (C=O) groups excluding carboxylic acids is 1. The first-order valence-corrected chi connectivity index (χ1v) is 7.23. The predicted molar refractivity (Wildman–Crippen MR) is 87.2 cm³/mol. The van der Waals surface area contributed by atoms with Crippen LogP contribution < -0.4 is 4.74 Å². The van der Waals surface area contributed by atoms with Gasteiger partial charge >= 0.3 is 0 Å². The van der Waals surface area contributed by atoms with Crippen LogP contribution in [0.25, 0.3) is 6.08 Å². The molecule has 0 fully saturated rings. The number of ether oxygens (including phenoxy) is 1. The summed E-state index contributed by atoms with van der Waals surface area (Å²) in [6, 6.07) is 10.1. The fraction of sp³-hybridized carbons (Fsp3) is 0.0625. The van der Waals surface area contributed by atoms with Crippen LogP contribution in [0.4, 0.5) is 0 Å². The Balaban J connectivity index is 2.25. The van der Waals surface area contributed by atoms with Crippen LogP contribution in [0, 0.1) is 0 Å². The van der Waals surface area contributed by atoms with Gasteiger partial charge in [0.2, 0.25) is 0 Å². The second-order valence-corrected chi connectivity index (χ2v) is 5.55. The first-order chi connectivity index (χ1) is 10.0. The number of halogens is 2. The van der Waals surface area contributed by atoms with E-state index in [1.165, 1.54) is 13.2 Å². The molecule has 0 bridgehead atoms. The van der Waals surface area contributed by atoms with Crippen molar-refractivity contribution in [2.75, 3.05) is 7.11 Å². The van der Waals surface area contributed by atoms with Crippen molar-refractivity contribution in [1.82, 2.24) is 0 Å². The predicted octanol–water partition coefficient (Wildman–Crippen LogP) is 4.71. The quantitative estimate of drug-likeness (QED) is 0.628. The molecule has 21 heavy (non-hydrogen) atoms. The summed E-state index contributed by atoms with van der Waals surface area (Å²) >= 11 is 9.09. The van der Waals surface area contributed by atoms with Crippen LogP contribution in [0.3, 0.4) is 0 Å². The Labute approximate surface area is 135 Å². The third kappa shape index (κ3) is 3.86. The molecule has 0 amide bonds. The molecule has 1 N–H and O–H groups in total. The summed E-state index contributed by atoms with van der Waals surface area (Å²) in [7, 11) is 1.46. The number of aromatic hydroxyl groups is 1. The number of carbonyl (C=O) groups is 1. The number of hydrogen-bond donors (Lipinski definition) is 1. The molecule has 0 spiro atoms. The molecule has 0 radical (unpaired) electrons. The molecule has 0 aliphatic heterocycles. The Morgan fingerprint density at radius 2 is 2.10 bits per heavy atom. The average molecular weight is 368 g/mol. The molecule has 0 atom stereocenters. The molecular weight excluding hydrogens is 356 g/mol. The van der Waals surface area contributed by atoms with Gasteiger partial charge in [-0.2, -0.15) is 0 Å². The summed E-state index contributed by atoms with van der Waals surface area (Å²) in [5.74, 6) is 0.204. The minimum absolute atomic E-state index is 0.0239. The third-order valence-electron chi connectivity index (χ3n) is 2.81. The number of phenols is 1. The molecule has 2 aromatic carbocycles. The van der Waals surface area contributed by atoms with E-state index in [0.717, 1.165) is 5.56 Å². The van der Waals surface area contributed by atoms with Crippen LogP contribution in [0.15, 0.2) is 46.9 Å². The van der Waals surface area contributed by atoms with Gasteiger partial charge in [-0.15, -0.1) is 0 Å². The maximum absolute atomic E-state index is 12.0. The summed E-state index contributed by atoms with van der Waals surface area (Å²) in [4.78, 5) is 12.0. The lowest BCUT2D eigenvalue weighted by atomic mass is 10.1. The number of phenolic OH excluding ortho intramolecular Hbond substituents is 1. The van der Waals surface area contributed by atoms with Gasteiger partial charge in [-0.05, 0) is 51.8 Å². The van der Waals surface area contributed by atoms with Gasteiger partial charge in [-0.3, -0.25) is 4.79 Å². The number of allylic oxidation sites excluding steroid dienone is 1. The van der Waals surface area contributed by atoms with Crippen molar-refractivity contribution in [2.24, 2.45) is 0 Å². The third-order valence-corrected chi connectivity index (χ3v) is 3.65. The summed E-state index contributed by atoms with van der Waals surface area (Å²) < 4.78 is 5.55. The fourth-order valence-corrected chi connectivity index (χ4v) is 2.41. The van der Waals surface area contributed by atoms with Crippen LogP contribution in [0.5, 0.6) is 11.5 Å². The highest BCUT2D eigenvalue weighted by Gasteiger charge is 2.08. The average Bonchev–Trinajstić information content (AvgIpc) is 2.48. The largest absolute Gasteiger partial charge is 0.503 e. The van der Waals surface area contributed by atoms with E-state index in [4.69, 9.17) is 16.3 Å². The second-order valence-electron chi connectivity index (χ2n) is 4.26. The van der Waals surface area contributed by atoms with Crippen molar-refractivity contribution in [1.29, 1.82) is 0 Å². The van der Waals surface area contributed by atoms with Crippen molar-refractivity contribution in [3.63, 3.8) is 0 Å². The molecule has 2 rings (SSSR count). The molecule has 0 saturated heterocycles. The second kappa shape index (κ2) is 6.78. The van der Waals surface area contributed by atoms with Crippen LogP contribution >= 0.6 is 27.5 Å². The molecule has 0 saturated carbocycles. The van der Waals surface area contributed by atoms with Crippen molar-refractivity contribution in [2.45, 2.75) is 0 Å². The lowest BCUT2D eigenvalue weighted by molar-refractivity contribution is 0.104. The summed E-state index contributed by atoms with van der Waals surface area (Å²) in [5, 5.41) is 10.2. The lowest BCUT2D eigenvalue weighted by Gasteiger charge is -2.06. The van der Waals surface area contributed by atoms with E-state index < -0.39 is 0 Å². The summed E-state index contributed by atoms with van der Waals surface area (Å²) in [5.41, 5.74) is 1.25. The van der Waals surface area contributed by atoms with Crippen molar-refractivity contribution in [3.8, 4) is 11.5 Å². The molecule has 2 aromatic rings. The van der Waals surface area contributed by atoms with E-state index in [9.17, 15) is 9.90 Å². The molecule has 0 aliphatic rings. The molecule has 0 unspecified atom stereocenters. The Morgan fingerprint density at radius 1 is 1.33 bits per heavy atom. The first-order valence-electron chi connectivity index (χ1n) is 6.05. The van der Waals surface area contributed by atoms with Gasteiger partial charge in [0.25, 0.3) is 0 Å². The van der Waals surface area contributed by atoms with Crippen molar-refractivity contribution >= 4 is 39.4 Å². The highest BCUT2D eigenvalue weighted by atomic mass is 79.9. The number of methoxy groups -OCH3 is 1. The SMILES string of the molecule is COc1cc(/C=C/C(=O)c2cccc(Cl)c2)cc(Br)c1O.